The standard InChI is InChI=1S/C17H26N2O3/c1-12(2)10-19(11-13(3)4)17(21)16(20)18-14-6-8-15(22-5)9-7-14/h6-9,12-13H,10-11H2,1-5H3,(H,18,20). The summed E-state index contributed by atoms with van der Waals surface area (Å²) in [5.74, 6) is 0.239. The van der Waals surface area contributed by atoms with Crippen LogP contribution in [-0.2, 0) is 9.59 Å². The topological polar surface area (TPSA) is 58.6 Å². The second kappa shape index (κ2) is 8.41. The van der Waals surface area contributed by atoms with E-state index in [9.17, 15) is 9.59 Å². The fourth-order valence-electron chi connectivity index (χ4n) is 2.12. The highest BCUT2D eigenvalue weighted by Gasteiger charge is 2.23. The van der Waals surface area contributed by atoms with Crippen molar-refractivity contribution in [3.05, 3.63) is 24.3 Å². The van der Waals surface area contributed by atoms with E-state index in [0.29, 0.717) is 36.4 Å². The third-order valence-electron chi connectivity index (χ3n) is 3.00. The maximum atomic E-state index is 12.3. The molecule has 0 aliphatic carbocycles. The number of nitrogens with zero attached hydrogens (tertiary/aromatic N) is 1. The second-order valence-corrected chi connectivity index (χ2v) is 6.18. The maximum absolute atomic E-state index is 12.3. The second-order valence-electron chi connectivity index (χ2n) is 6.18. The molecule has 0 heterocycles. The molecule has 0 fully saturated rings. The van der Waals surface area contributed by atoms with E-state index in [2.05, 4.69) is 5.32 Å². The molecule has 1 rings (SSSR count). The quantitative estimate of drug-likeness (QED) is 0.822. The predicted molar refractivity (Wildman–Crippen MR) is 87.9 cm³/mol. The summed E-state index contributed by atoms with van der Waals surface area (Å²) in [5, 5.41) is 2.63. The Labute approximate surface area is 132 Å². The third-order valence-corrected chi connectivity index (χ3v) is 3.00. The van der Waals surface area contributed by atoms with Crippen molar-refractivity contribution >= 4 is 17.5 Å². The van der Waals surface area contributed by atoms with Crippen LogP contribution in [0.25, 0.3) is 0 Å². The van der Waals surface area contributed by atoms with Gasteiger partial charge >= 0.3 is 11.8 Å². The van der Waals surface area contributed by atoms with Gasteiger partial charge in [-0.2, -0.15) is 0 Å². The normalized spacial score (nSPS) is 10.7. The van der Waals surface area contributed by atoms with Gasteiger partial charge in [-0.3, -0.25) is 9.59 Å². The highest BCUT2D eigenvalue weighted by molar-refractivity contribution is 6.39. The number of hydrogen-bond donors (Lipinski definition) is 1. The number of carbonyl (C=O) groups excluding carboxylic acids is 2. The van der Waals surface area contributed by atoms with Crippen LogP contribution in [0.5, 0.6) is 5.75 Å². The Bertz CT molecular complexity index is 485. The first kappa shape index (κ1) is 18.0. The lowest BCUT2D eigenvalue weighted by Crippen LogP contribution is -2.43. The fourth-order valence-corrected chi connectivity index (χ4v) is 2.12. The van der Waals surface area contributed by atoms with Gasteiger partial charge in [-0.1, -0.05) is 27.7 Å². The Morgan fingerprint density at radius 1 is 1.05 bits per heavy atom. The van der Waals surface area contributed by atoms with Crippen molar-refractivity contribution in [3.8, 4) is 5.75 Å². The summed E-state index contributed by atoms with van der Waals surface area (Å²) >= 11 is 0. The molecule has 1 aromatic carbocycles. The van der Waals surface area contributed by atoms with Gasteiger partial charge in [0.2, 0.25) is 0 Å². The summed E-state index contributed by atoms with van der Waals surface area (Å²) < 4.78 is 5.06. The smallest absolute Gasteiger partial charge is 0.313 e. The van der Waals surface area contributed by atoms with Crippen LogP contribution in [0.3, 0.4) is 0 Å². The number of ether oxygens (including phenoxy) is 1. The van der Waals surface area contributed by atoms with E-state index in [4.69, 9.17) is 4.74 Å². The van der Waals surface area contributed by atoms with Crippen molar-refractivity contribution in [1.29, 1.82) is 0 Å². The van der Waals surface area contributed by atoms with Crippen LogP contribution in [0.15, 0.2) is 24.3 Å². The molecule has 122 valence electrons. The van der Waals surface area contributed by atoms with Gasteiger partial charge in [-0.15, -0.1) is 0 Å². The summed E-state index contributed by atoms with van der Waals surface area (Å²) in [7, 11) is 1.58. The molecule has 0 radical (unpaired) electrons. The van der Waals surface area contributed by atoms with E-state index in [1.807, 2.05) is 27.7 Å². The average molecular weight is 306 g/mol. The molecule has 1 N–H and O–H groups in total. The summed E-state index contributed by atoms with van der Waals surface area (Å²) in [6.07, 6.45) is 0. The molecule has 2 amide bonds. The van der Waals surface area contributed by atoms with Crippen LogP contribution < -0.4 is 10.1 Å². The molecule has 0 aliphatic heterocycles. The highest BCUT2D eigenvalue weighted by Crippen LogP contribution is 2.15. The molecule has 5 nitrogen and oxygen atoms in total. The monoisotopic (exact) mass is 306 g/mol. The Balaban J connectivity index is 2.72. The number of anilines is 1. The first-order valence-corrected chi connectivity index (χ1v) is 7.57. The van der Waals surface area contributed by atoms with Gasteiger partial charge < -0.3 is 15.0 Å². The van der Waals surface area contributed by atoms with Gasteiger partial charge in [-0.05, 0) is 36.1 Å². The SMILES string of the molecule is COc1ccc(NC(=O)C(=O)N(CC(C)C)CC(C)C)cc1. The zero-order valence-corrected chi connectivity index (χ0v) is 14.1. The Kier molecular flexibility index (Phi) is 6.89. The molecule has 1 aromatic rings. The Morgan fingerprint density at radius 3 is 1.95 bits per heavy atom. The fraction of sp³-hybridized carbons (Fsp3) is 0.529. The largest absolute Gasteiger partial charge is 0.497 e. The number of methoxy groups -OCH3 is 1. The lowest BCUT2D eigenvalue weighted by atomic mass is 10.1. The Morgan fingerprint density at radius 2 is 1.55 bits per heavy atom. The van der Waals surface area contributed by atoms with Gasteiger partial charge in [0.15, 0.2) is 0 Å². The van der Waals surface area contributed by atoms with Crippen molar-refractivity contribution in [2.75, 3.05) is 25.5 Å². The van der Waals surface area contributed by atoms with E-state index in [1.165, 1.54) is 0 Å². The van der Waals surface area contributed by atoms with Crippen molar-refractivity contribution < 1.29 is 14.3 Å². The highest BCUT2D eigenvalue weighted by atomic mass is 16.5. The number of carbonyl (C=O) groups is 2. The zero-order chi connectivity index (χ0) is 16.7. The lowest BCUT2D eigenvalue weighted by molar-refractivity contribution is -0.143. The third kappa shape index (κ3) is 5.76. The number of benzene rings is 1. The van der Waals surface area contributed by atoms with Crippen molar-refractivity contribution in [2.45, 2.75) is 27.7 Å². The van der Waals surface area contributed by atoms with Gasteiger partial charge in [0.05, 0.1) is 7.11 Å². The number of nitrogens with one attached hydrogen (secondary N) is 1. The van der Waals surface area contributed by atoms with Crippen LogP contribution in [-0.4, -0.2) is 36.9 Å². The van der Waals surface area contributed by atoms with Crippen molar-refractivity contribution in [1.82, 2.24) is 4.90 Å². The molecule has 0 saturated heterocycles. The molecule has 22 heavy (non-hydrogen) atoms. The van der Waals surface area contributed by atoms with Crippen LogP contribution in [0.1, 0.15) is 27.7 Å². The molecule has 0 saturated carbocycles. The van der Waals surface area contributed by atoms with E-state index in [-0.39, 0.29) is 0 Å². The molecule has 5 heteroatoms. The predicted octanol–water partition coefficient (Wildman–Crippen LogP) is 2.77. The van der Waals surface area contributed by atoms with Gasteiger partial charge in [0.25, 0.3) is 0 Å². The van der Waals surface area contributed by atoms with E-state index in [0.717, 1.165) is 0 Å². The van der Waals surface area contributed by atoms with Crippen molar-refractivity contribution in [3.63, 3.8) is 0 Å². The summed E-state index contributed by atoms with van der Waals surface area (Å²) in [5.41, 5.74) is 0.577. The molecular weight excluding hydrogens is 280 g/mol. The minimum atomic E-state index is -0.605. The lowest BCUT2D eigenvalue weighted by Gasteiger charge is -2.25. The van der Waals surface area contributed by atoms with Gasteiger partial charge in [-0.25, -0.2) is 0 Å². The number of rotatable bonds is 6. The first-order chi connectivity index (χ1) is 10.3. The molecule has 0 atom stereocenters. The molecule has 0 spiro atoms. The van der Waals surface area contributed by atoms with Crippen LogP contribution in [0.2, 0.25) is 0 Å². The maximum Gasteiger partial charge on any atom is 0.313 e. The number of hydrogen-bond acceptors (Lipinski definition) is 3. The van der Waals surface area contributed by atoms with E-state index in [1.54, 1.807) is 36.3 Å². The van der Waals surface area contributed by atoms with Gasteiger partial charge in [0, 0.05) is 18.8 Å². The molecule has 0 unspecified atom stereocenters. The van der Waals surface area contributed by atoms with Crippen molar-refractivity contribution in [2.24, 2.45) is 11.8 Å². The molecule has 0 bridgehead atoms. The minimum Gasteiger partial charge on any atom is -0.497 e. The zero-order valence-electron chi connectivity index (χ0n) is 14.1. The van der Waals surface area contributed by atoms with E-state index >= 15 is 0 Å². The molecule has 0 aliphatic rings. The van der Waals surface area contributed by atoms with Crippen LogP contribution in [0.4, 0.5) is 5.69 Å². The summed E-state index contributed by atoms with van der Waals surface area (Å²) in [4.78, 5) is 26.1. The number of amides is 2. The average Bonchev–Trinajstić information content (AvgIpc) is 2.45. The molecule has 0 aromatic heterocycles. The van der Waals surface area contributed by atoms with Crippen LogP contribution in [0, 0.1) is 11.8 Å². The minimum absolute atomic E-state index is 0.316. The van der Waals surface area contributed by atoms with E-state index < -0.39 is 11.8 Å². The Hall–Kier alpha value is -2.04. The summed E-state index contributed by atoms with van der Waals surface area (Å²) in [6.45, 7) is 9.27. The van der Waals surface area contributed by atoms with Crippen LogP contribution >= 0.6 is 0 Å². The summed E-state index contributed by atoms with van der Waals surface area (Å²) in [6, 6.07) is 6.89. The van der Waals surface area contributed by atoms with Gasteiger partial charge in [0.1, 0.15) is 5.75 Å². The molecular formula is C17H26N2O3. The first-order valence-electron chi connectivity index (χ1n) is 7.57.